The monoisotopic (exact) mass is 258 g/mol. The molecule has 78 valence electrons. The van der Waals surface area contributed by atoms with E-state index >= 15 is 0 Å². The highest BCUT2D eigenvalue weighted by Gasteiger charge is 2.10. The van der Waals surface area contributed by atoms with Crippen LogP contribution in [0.25, 0.3) is 0 Å². The Balaban J connectivity index is 2.73. The van der Waals surface area contributed by atoms with E-state index in [0.29, 0.717) is 12.6 Å². The number of methoxy groups -OCH3 is 1. The first-order valence-corrected chi connectivity index (χ1v) is 5.28. The second kappa shape index (κ2) is 5.32. The summed E-state index contributed by atoms with van der Waals surface area (Å²) in [5.41, 5.74) is 0. The van der Waals surface area contributed by atoms with Gasteiger partial charge < -0.3 is 9.64 Å². The van der Waals surface area contributed by atoms with Crippen LogP contribution in [0, 0.1) is 0 Å². The number of hydrogen-bond donors (Lipinski definition) is 0. The van der Waals surface area contributed by atoms with Crippen LogP contribution in [0.5, 0.6) is 0 Å². The first-order valence-electron chi connectivity index (χ1n) is 4.49. The normalized spacial score (nSPS) is 12.6. The molecule has 0 amide bonds. The summed E-state index contributed by atoms with van der Waals surface area (Å²) in [6, 6.07) is 6.19. The van der Waals surface area contributed by atoms with Gasteiger partial charge >= 0.3 is 0 Å². The molecule has 0 radical (unpaired) electrons. The average molecular weight is 259 g/mol. The maximum atomic E-state index is 5.10. The van der Waals surface area contributed by atoms with Gasteiger partial charge in [-0.05, 0) is 35.0 Å². The van der Waals surface area contributed by atoms with E-state index in [9.17, 15) is 0 Å². The summed E-state index contributed by atoms with van der Waals surface area (Å²) in [6.45, 7) is 2.80. The maximum absolute atomic E-state index is 5.10. The third-order valence-corrected chi connectivity index (χ3v) is 2.57. The molecule has 14 heavy (non-hydrogen) atoms. The number of rotatable bonds is 4. The second-order valence-corrected chi connectivity index (χ2v) is 4.05. The molecule has 0 aliphatic heterocycles. The van der Waals surface area contributed by atoms with Gasteiger partial charge in [-0.15, -0.1) is 0 Å². The van der Waals surface area contributed by atoms with Crippen LogP contribution in [-0.4, -0.2) is 31.8 Å². The van der Waals surface area contributed by atoms with Crippen molar-refractivity contribution in [3.8, 4) is 0 Å². The molecule has 1 unspecified atom stereocenters. The summed E-state index contributed by atoms with van der Waals surface area (Å²) < 4.78 is 5.95. The number of likely N-dealkylation sites (N-methyl/N-ethyl adjacent to an activating group) is 1. The number of pyridine rings is 1. The van der Waals surface area contributed by atoms with Gasteiger partial charge in [0.1, 0.15) is 10.4 Å². The Morgan fingerprint density at radius 2 is 2.29 bits per heavy atom. The number of ether oxygens (including phenoxy) is 1. The van der Waals surface area contributed by atoms with Crippen LogP contribution in [0.2, 0.25) is 0 Å². The van der Waals surface area contributed by atoms with Gasteiger partial charge in [-0.1, -0.05) is 6.07 Å². The molecule has 1 aromatic heterocycles. The zero-order valence-electron chi connectivity index (χ0n) is 8.70. The molecule has 0 saturated carbocycles. The van der Waals surface area contributed by atoms with Crippen molar-refractivity contribution in [3.05, 3.63) is 22.8 Å². The Hall–Kier alpha value is -0.610. The fourth-order valence-electron chi connectivity index (χ4n) is 1.17. The van der Waals surface area contributed by atoms with Crippen molar-refractivity contribution >= 4 is 21.7 Å². The molecule has 0 bridgehead atoms. The molecular weight excluding hydrogens is 244 g/mol. The Labute approximate surface area is 93.2 Å². The van der Waals surface area contributed by atoms with Gasteiger partial charge in [0, 0.05) is 14.2 Å². The van der Waals surface area contributed by atoms with Gasteiger partial charge in [-0.25, -0.2) is 4.98 Å². The van der Waals surface area contributed by atoms with Crippen molar-refractivity contribution in [2.45, 2.75) is 13.0 Å². The molecule has 0 saturated heterocycles. The SMILES string of the molecule is COCC(C)N(C)c1cccc(Br)n1. The van der Waals surface area contributed by atoms with Crippen LogP contribution in [0.15, 0.2) is 22.8 Å². The molecule has 4 heteroatoms. The number of halogens is 1. The number of hydrogen-bond acceptors (Lipinski definition) is 3. The largest absolute Gasteiger partial charge is 0.383 e. The van der Waals surface area contributed by atoms with Crippen molar-refractivity contribution in [1.82, 2.24) is 4.98 Å². The Morgan fingerprint density at radius 1 is 1.57 bits per heavy atom. The third-order valence-electron chi connectivity index (χ3n) is 2.13. The van der Waals surface area contributed by atoms with Crippen molar-refractivity contribution in [2.24, 2.45) is 0 Å². The third kappa shape index (κ3) is 2.96. The zero-order valence-corrected chi connectivity index (χ0v) is 10.3. The van der Waals surface area contributed by atoms with E-state index in [1.54, 1.807) is 7.11 Å². The molecule has 0 spiro atoms. The Kier molecular flexibility index (Phi) is 4.35. The molecule has 0 fully saturated rings. The number of aromatic nitrogens is 1. The van der Waals surface area contributed by atoms with Gasteiger partial charge in [0.15, 0.2) is 0 Å². The van der Waals surface area contributed by atoms with Gasteiger partial charge in [0.2, 0.25) is 0 Å². The minimum atomic E-state index is 0.321. The summed E-state index contributed by atoms with van der Waals surface area (Å²) >= 11 is 3.35. The first kappa shape index (κ1) is 11.5. The predicted molar refractivity (Wildman–Crippen MR) is 61.7 cm³/mol. The predicted octanol–water partition coefficient (Wildman–Crippen LogP) is 2.32. The molecular formula is C10H15BrN2O. The lowest BCUT2D eigenvalue weighted by molar-refractivity contribution is 0.183. The van der Waals surface area contributed by atoms with E-state index in [1.165, 1.54) is 0 Å². The molecule has 1 heterocycles. The summed E-state index contributed by atoms with van der Waals surface area (Å²) in [7, 11) is 3.72. The molecule has 1 aromatic rings. The highest BCUT2D eigenvalue weighted by atomic mass is 79.9. The summed E-state index contributed by atoms with van der Waals surface area (Å²) in [4.78, 5) is 6.45. The van der Waals surface area contributed by atoms with E-state index in [2.05, 4.69) is 32.7 Å². The van der Waals surface area contributed by atoms with Crippen molar-refractivity contribution < 1.29 is 4.74 Å². The summed E-state index contributed by atoms with van der Waals surface area (Å²) in [6.07, 6.45) is 0. The molecule has 0 aliphatic rings. The molecule has 1 rings (SSSR count). The Bertz CT molecular complexity index is 293. The Morgan fingerprint density at radius 3 is 2.86 bits per heavy atom. The average Bonchev–Trinajstić information content (AvgIpc) is 2.17. The molecule has 3 nitrogen and oxygen atoms in total. The molecule has 0 N–H and O–H groups in total. The standard InChI is InChI=1S/C10H15BrN2O/c1-8(7-14-3)13(2)10-6-4-5-9(11)12-10/h4-6,8H,7H2,1-3H3. The minimum absolute atomic E-state index is 0.321. The highest BCUT2D eigenvalue weighted by Crippen LogP contribution is 2.15. The highest BCUT2D eigenvalue weighted by molar-refractivity contribution is 9.10. The van der Waals surface area contributed by atoms with E-state index in [-0.39, 0.29) is 0 Å². The van der Waals surface area contributed by atoms with Crippen molar-refractivity contribution in [1.29, 1.82) is 0 Å². The smallest absolute Gasteiger partial charge is 0.129 e. The van der Waals surface area contributed by atoms with Gasteiger partial charge in [0.25, 0.3) is 0 Å². The second-order valence-electron chi connectivity index (χ2n) is 3.23. The molecule has 1 atom stereocenters. The molecule has 0 aromatic carbocycles. The lowest BCUT2D eigenvalue weighted by atomic mass is 10.3. The lowest BCUT2D eigenvalue weighted by Gasteiger charge is -2.25. The maximum Gasteiger partial charge on any atom is 0.129 e. The lowest BCUT2D eigenvalue weighted by Crippen LogP contribution is -2.33. The topological polar surface area (TPSA) is 25.4 Å². The van der Waals surface area contributed by atoms with E-state index in [0.717, 1.165) is 10.4 Å². The zero-order chi connectivity index (χ0) is 10.6. The van der Waals surface area contributed by atoms with Crippen LogP contribution in [0.3, 0.4) is 0 Å². The van der Waals surface area contributed by atoms with Crippen LogP contribution in [-0.2, 0) is 4.74 Å². The van der Waals surface area contributed by atoms with E-state index in [4.69, 9.17) is 4.74 Å². The van der Waals surface area contributed by atoms with Gasteiger partial charge in [0.05, 0.1) is 12.6 Å². The van der Waals surface area contributed by atoms with Crippen LogP contribution in [0.4, 0.5) is 5.82 Å². The van der Waals surface area contributed by atoms with Crippen molar-refractivity contribution in [3.63, 3.8) is 0 Å². The van der Waals surface area contributed by atoms with Crippen LogP contribution in [0.1, 0.15) is 6.92 Å². The minimum Gasteiger partial charge on any atom is -0.383 e. The van der Waals surface area contributed by atoms with Crippen LogP contribution >= 0.6 is 15.9 Å². The molecule has 0 aliphatic carbocycles. The quantitative estimate of drug-likeness (QED) is 0.776. The van der Waals surface area contributed by atoms with Crippen molar-refractivity contribution in [2.75, 3.05) is 25.7 Å². The summed E-state index contributed by atoms with van der Waals surface area (Å²) in [5, 5.41) is 0. The van der Waals surface area contributed by atoms with E-state index < -0.39 is 0 Å². The fraction of sp³-hybridized carbons (Fsp3) is 0.500. The summed E-state index contributed by atoms with van der Waals surface area (Å²) in [5.74, 6) is 0.948. The van der Waals surface area contributed by atoms with Gasteiger partial charge in [-0.2, -0.15) is 0 Å². The van der Waals surface area contributed by atoms with Crippen LogP contribution < -0.4 is 4.90 Å². The van der Waals surface area contributed by atoms with Gasteiger partial charge in [-0.3, -0.25) is 0 Å². The number of anilines is 1. The fourth-order valence-corrected chi connectivity index (χ4v) is 1.51. The van der Waals surface area contributed by atoms with E-state index in [1.807, 2.05) is 25.2 Å². The number of nitrogens with zero attached hydrogens (tertiary/aromatic N) is 2. The first-order chi connectivity index (χ1) is 6.65.